The molecule has 10 heteroatoms. The Balaban J connectivity index is 1.54. The molecule has 29 heavy (non-hydrogen) atoms. The minimum atomic E-state index is -0.576. The van der Waals surface area contributed by atoms with Crippen molar-refractivity contribution < 1.29 is 38.1 Å². The quantitative estimate of drug-likeness (QED) is 0.446. The van der Waals surface area contributed by atoms with Gasteiger partial charge in [0.25, 0.3) is 0 Å². The summed E-state index contributed by atoms with van der Waals surface area (Å²) >= 11 is 0. The second-order valence-corrected chi connectivity index (χ2v) is 7.49. The molecule has 2 fully saturated rings. The number of rotatable bonds is 11. The summed E-state index contributed by atoms with van der Waals surface area (Å²) in [6, 6.07) is -1.15. The zero-order valence-electron chi connectivity index (χ0n) is 17.1. The molecule has 0 bridgehead atoms. The van der Waals surface area contributed by atoms with Crippen LogP contribution in [0.3, 0.4) is 0 Å². The zero-order valence-corrected chi connectivity index (χ0v) is 17.1. The van der Waals surface area contributed by atoms with Gasteiger partial charge in [-0.25, -0.2) is 9.59 Å². The van der Waals surface area contributed by atoms with E-state index in [1.165, 1.54) is 0 Å². The highest BCUT2D eigenvalue weighted by Gasteiger charge is 2.30. The van der Waals surface area contributed by atoms with Crippen LogP contribution in [0.1, 0.15) is 46.5 Å². The molecule has 0 aromatic rings. The average Bonchev–Trinajstić information content (AvgIpc) is 3.28. The number of carbonyl (C=O) groups excluding carboxylic acids is 4. The summed E-state index contributed by atoms with van der Waals surface area (Å²) in [5, 5.41) is 5.13. The first-order valence-electron chi connectivity index (χ1n) is 9.93. The van der Waals surface area contributed by atoms with Crippen molar-refractivity contribution in [3.05, 3.63) is 0 Å². The van der Waals surface area contributed by atoms with Gasteiger partial charge in [0.1, 0.15) is 24.3 Å². The van der Waals surface area contributed by atoms with E-state index in [0.717, 1.165) is 0 Å². The Labute approximate surface area is 169 Å². The minimum absolute atomic E-state index is 0.144. The smallest absolute Gasteiger partial charge is 0.328 e. The molecule has 2 rings (SSSR count). The molecular weight excluding hydrogens is 384 g/mol. The maximum atomic E-state index is 11.9. The molecule has 5 unspecified atom stereocenters. The molecule has 2 aliphatic heterocycles. The molecule has 0 aromatic heterocycles. The average molecular weight is 414 g/mol. The van der Waals surface area contributed by atoms with Crippen LogP contribution in [0.4, 0.5) is 0 Å². The van der Waals surface area contributed by atoms with E-state index in [1.54, 1.807) is 13.8 Å². The third-order valence-corrected chi connectivity index (χ3v) is 4.51. The summed E-state index contributed by atoms with van der Waals surface area (Å²) in [5.74, 6) is -1.19. The molecule has 2 amide bonds. The van der Waals surface area contributed by atoms with Gasteiger partial charge < -0.3 is 29.6 Å². The molecular formula is C19H30N2O8. The van der Waals surface area contributed by atoms with Gasteiger partial charge in [-0.1, -0.05) is 0 Å². The van der Waals surface area contributed by atoms with Crippen molar-refractivity contribution in [3.63, 3.8) is 0 Å². The Hall–Kier alpha value is -2.20. The molecule has 10 nitrogen and oxygen atoms in total. The van der Waals surface area contributed by atoms with Gasteiger partial charge >= 0.3 is 11.9 Å². The molecule has 0 radical (unpaired) electrons. The monoisotopic (exact) mass is 414 g/mol. The first kappa shape index (κ1) is 23.1. The Bertz CT molecular complexity index is 611. The number of hydrogen-bond acceptors (Lipinski definition) is 8. The number of nitrogens with one attached hydrogen (secondary N) is 2. The molecule has 0 saturated carbocycles. The molecule has 0 spiro atoms. The molecule has 0 aliphatic carbocycles. The van der Waals surface area contributed by atoms with Crippen LogP contribution in [0.5, 0.6) is 0 Å². The second-order valence-electron chi connectivity index (χ2n) is 7.49. The van der Waals surface area contributed by atoms with Crippen molar-refractivity contribution in [3.8, 4) is 0 Å². The molecule has 2 saturated heterocycles. The summed E-state index contributed by atoms with van der Waals surface area (Å²) in [5.41, 5.74) is 0. The normalized spacial score (nSPS) is 24.4. The van der Waals surface area contributed by atoms with Crippen LogP contribution in [0.2, 0.25) is 0 Å². The van der Waals surface area contributed by atoms with Gasteiger partial charge in [-0.15, -0.1) is 0 Å². The predicted molar refractivity (Wildman–Crippen MR) is 99.7 cm³/mol. The van der Waals surface area contributed by atoms with Gasteiger partial charge in [0.15, 0.2) is 0 Å². The summed E-state index contributed by atoms with van der Waals surface area (Å²) in [6.45, 7) is 5.92. The van der Waals surface area contributed by atoms with Crippen LogP contribution >= 0.6 is 0 Å². The van der Waals surface area contributed by atoms with Crippen LogP contribution in [-0.2, 0) is 38.1 Å². The Morgan fingerprint density at radius 2 is 1.28 bits per heavy atom. The molecule has 164 valence electrons. The van der Waals surface area contributed by atoms with E-state index in [9.17, 15) is 19.2 Å². The van der Waals surface area contributed by atoms with E-state index >= 15 is 0 Å². The van der Waals surface area contributed by atoms with Gasteiger partial charge in [0, 0.05) is 12.8 Å². The maximum Gasteiger partial charge on any atom is 0.328 e. The van der Waals surface area contributed by atoms with Crippen molar-refractivity contribution in [1.82, 2.24) is 10.6 Å². The first-order chi connectivity index (χ1) is 13.7. The molecule has 2 N–H and O–H groups in total. The fourth-order valence-electron chi connectivity index (χ4n) is 2.96. The zero-order chi connectivity index (χ0) is 21.4. The van der Waals surface area contributed by atoms with Crippen LogP contribution in [0.25, 0.3) is 0 Å². The number of hydrogen-bond donors (Lipinski definition) is 2. The highest BCUT2D eigenvalue weighted by molar-refractivity contribution is 5.88. The number of carbonyl (C=O) groups is 4. The molecule has 2 aliphatic rings. The van der Waals surface area contributed by atoms with Gasteiger partial charge in [0.05, 0.1) is 25.9 Å². The lowest BCUT2D eigenvalue weighted by atomic mass is 10.2. The molecule has 2 heterocycles. The summed E-state index contributed by atoms with van der Waals surface area (Å²) in [4.78, 5) is 46.1. The highest BCUT2D eigenvalue weighted by Crippen LogP contribution is 2.11. The number of amides is 2. The largest absolute Gasteiger partial charge is 0.459 e. The van der Waals surface area contributed by atoms with Gasteiger partial charge in [-0.2, -0.15) is 0 Å². The second kappa shape index (κ2) is 11.1. The van der Waals surface area contributed by atoms with E-state index in [2.05, 4.69) is 10.6 Å². The van der Waals surface area contributed by atoms with E-state index in [4.69, 9.17) is 18.9 Å². The maximum absolute atomic E-state index is 11.9. The summed E-state index contributed by atoms with van der Waals surface area (Å²) in [7, 11) is 0. The van der Waals surface area contributed by atoms with E-state index in [-0.39, 0.29) is 37.7 Å². The lowest BCUT2D eigenvalue weighted by Gasteiger charge is -2.20. The van der Waals surface area contributed by atoms with Crippen LogP contribution in [-0.4, -0.2) is 74.0 Å². The fraction of sp³-hybridized carbons (Fsp3) is 0.789. The van der Waals surface area contributed by atoms with Gasteiger partial charge in [-0.3, -0.25) is 9.59 Å². The lowest BCUT2D eigenvalue weighted by Crippen LogP contribution is -2.37. The Morgan fingerprint density at radius 1 is 0.828 bits per heavy atom. The highest BCUT2D eigenvalue weighted by atomic mass is 16.6. The topological polar surface area (TPSA) is 129 Å². The van der Waals surface area contributed by atoms with Crippen molar-refractivity contribution >= 4 is 23.8 Å². The summed E-state index contributed by atoms with van der Waals surface area (Å²) < 4.78 is 21.6. The fourth-order valence-corrected chi connectivity index (χ4v) is 2.96. The number of esters is 2. The summed E-state index contributed by atoms with van der Waals surface area (Å²) in [6.07, 6.45) is 0.416. The van der Waals surface area contributed by atoms with Gasteiger partial charge in [0.2, 0.25) is 11.8 Å². The SMILES string of the molecule is CC(COCC(C)OC(=O)C1CCC(=O)N1)OCC(C)OC(=O)C1CCC(=O)N1. The first-order valence-corrected chi connectivity index (χ1v) is 9.93. The van der Waals surface area contributed by atoms with Gasteiger partial charge in [-0.05, 0) is 33.6 Å². The van der Waals surface area contributed by atoms with E-state index in [0.29, 0.717) is 25.7 Å². The lowest BCUT2D eigenvalue weighted by molar-refractivity contribution is -0.157. The molecule has 5 atom stereocenters. The van der Waals surface area contributed by atoms with Crippen LogP contribution in [0, 0.1) is 0 Å². The third-order valence-electron chi connectivity index (χ3n) is 4.51. The van der Waals surface area contributed by atoms with Crippen LogP contribution < -0.4 is 10.6 Å². The Kier molecular flexibility index (Phi) is 8.84. The molecule has 0 aromatic carbocycles. The standard InChI is InChI=1S/C19H30N2O8/c1-11(27-10-13(3)29-19(25)15-5-7-17(23)21-15)8-26-9-12(2)28-18(24)14-4-6-16(22)20-14/h11-15H,4-10H2,1-3H3,(H,20,22)(H,21,23). The van der Waals surface area contributed by atoms with Crippen molar-refractivity contribution in [2.75, 3.05) is 19.8 Å². The Morgan fingerprint density at radius 3 is 1.72 bits per heavy atom. The van der Waals surface area contributed by atoms with E-state index < -0.39 is 36.2 Å². The number of ether oxygens (including phenoxy) is 4. The predicted octanol–water partition coefficient (Wildman–Crippen LogP) is -0.171. The third kappa shape index (κ3) is 7.98. The van der Waals surface area contributed by atoms with E-state index in [1.807, 2.05) is 6.92 Å². The van der Waals surface area contributed by atoms with Crippen molar-refractivity contribution in [1.29, 1.82) is 0 Å². The minimum Gasteiger partial charge on any atom is -0.459 e. The van der Waals surface area contributed by atoms with Crippen molar-refractivity contribution in [2.24, 2.45) is 0 Å². The van der Waals surface area contributed by atoms with Crippen LogP contribution in [0.15, 0.2) is 0 Å². The van der Waals surface area contributed by atoms with Crippen molar-refractivity contribution in [2.45, 2.75) is 76.9 Å².